The summed E-state index contributed by atoms with van der Waals surface area (Å²) < 4.78 is 0. The van der Waals surface area contributed by atoms with E-state index >= 15 is 0 Å². The van der Waals surface area contributed by atoms with Gasteiger partial charge < -0.3 is 4.90 Å². The Morgan fingerprint density at radius 3 is 2.22 bits per heavy atom. The van der Waals surface area contributed by atoms with Gasteiger partial charge in [0, 0.05) is 27.4 Å². The molecule has 1 nitrogen and oxygen atoms in total. The molecular weight excluding hydrogens is 827 g/mol. The van der Waals surface area contributed by atoms with Crippen LogP contribution in [0.4, 0.5) is 11.4 Å². The van der Waals surface area contributed by atoms with Gasteiger partial charge in [-0.2, -0.15) is 0 Å². The van der Waals surface area contributed by atoms with Crippen molar-refractivity contribution >= 4 is 39.9 Å². The van der Waals surface area contributed by atoms with Crippen molar-refractivity contribution in [3.63, 3.8) is 0 Å². The Kier molecular flexibility index (Phi) is 14.1. The third kappa shape index (κ3) is 9.35. The molecule has 0 saturated heterocycles. The number of thioether (sulfide) groups is 1. The first kappa shape index (κ1) is 45.8. The molecule has 336 valence electrons. The van der Waals surface area contributed by atoms with E-state index in [4.69, 9.17) is 0 Å². The number of rotatable bonds is 13. The minimum atomic E-state index is -0.272. The molecule has 0 saturated carbocycles. The van der Waals surface area contributed by atoms with E-state index in [0.717, 1.165) is 44.9 Å². The fourth-order valence-corrected chi connectivity index (χ4v) is 12.2. The van der Waals surface area contributed by atoms with Crippen LogP contribution in [-0.2, 0) is 5.41 Å². The summed E-state index contributed by atoms with van der Waals surface area (Å²) in [4.78, 5) is 5.47. The van der Waals surface area contributed by atoms with Crippen molar-refractivity contribution in [2.45, 2.75) is 91.9 Å². The molecule has 9 rings (SSSR count). The standard InChI is InChI=1S/C65H65NS/c1-7-9-11-22-42-65(48(5)23-15-10-8-2)49(6)63(64-47(4)43-55-28-20-14-21-29-62(55)67-64)59-41-40-58(45-61(59)65)66(56-36-32-52(33-37-56)50-24-16-12-17-25-50)57-38-34-53(35-39-57)60-44-54(31-30-46(60)3)51-26-18-13-19-27-51/h7-18,20-26,28,30-34,36-38,40-41,44-45,48H,19,27,29,35,39,42-43H2,1-6H3/b9-7-,10-8-,22-11-,23-15-. The molecule has 2 atom stereocenters. The van der Waals surface area contributed by atoms with Crippen LogP contribution in [0.2, 0.25) is 0 Å². The van der Waals surface area contributed by atoms with E-state index in [2.05, 4.69) is 241 Å². The molecule has 67 heavy (non-hydrogen) atoms. The lowest BCUT2D eigenvalue weighted by Gasteiger charge is -2.38. The van der Waals surface area contributed by atoms with E-state index in [0.29, 0.717) is 0 Å². The maximum atomic E-state index is 2.58. The molecule has 5 aliphatic rings. The first-order chi connectivity index (χ1) is 32.8. The monoisotopic (exact) mass is 891 g/mol. The summed E-state index contributed by atoms with van der Waals surface area (Å²) in [5, 5.41) is 0. The number of nitrogens with zero attached hydrogens (tertiary/aromatic N) is 1. The van der Waals surface area contributed by atoms with Crippen LogP contribution in [-0.4, -0.2) is 0 Å². The van der Waals surface area contributed by atoms with Crippen LogP contribution in [0.15, 0.2) is 227 Å². The Hall–Kier alpha value is -6.35. The lowest BCUT2D eigenvalue weighted by Crippen LogP contribution is -2.32. The van der Waals surface area contributed by atoms with Crippen molar-refractivity contribution in [3.8, 4) is 11.1 Å². The van der Waals surface area contributed by atoms with Crippen LogP contribution < -0.4 is 4.90 Å². The average Bonchev–Trinajstić information content (AvgIpc) is 3.45. The third-order valence-corrected chi connectivity index (χ3v) is 16.0. The minimum absolute atomic E-state index is 0.218. The van der Waals surface area contributed by atoms with Crippen molar-refractivity contribution in [2.75, 3.05) is 4.90 Å². The van der Waals surface area contributed by atoms with Crippen LogP contribution in [0.1, 0.15) is 107 Å². The fraction of sp³-hybridized carbons (Fsp3) is 0.231. The highest BCUT2D eigenvalue weighted by Gasteiger charge is 2.47. The average molecular weight is 892 g/mol. The van der Waals surface area contributed by atoms with Gasteiger partial charge in [0.2, 0.25) is 0 Å². The predicted molar refractivity (Wildman–Crippen MR) is 294 cm³/mol. The second kappa shape index (κ2) is 20.7. The summed E-state index contributed by atoms with van der Waals surface area (Å²) in [6.45, 7) is 13.7. The Bertz CT molecular complexity index is 2940. The van der Waals surface area contributed by atoms with Gasteiger partial charge in [-0.25, -0.2) is 0 Å². The number of allylic oxidation sites excluding steroid dienone is 25. The van der Waals surface area contributed by atoms with Crippen LogP contribution in [0.5, 0.6) is 0 Å². The molecule has 0 amide bonds. The van der Waals surface area contributed by atoms with E-state index < -0.39 is 0 Å². The molecular formula is C65H65NS. The second-order valence-electron chi connectivity index (χ2n) is 18.7. The number of anilines is 2. The van der Waals surface area contributed by atoms with Crippen molar-refractivity contribution < 1.29 is 0 Å². The summed E-state index contributed by atoms with van der Waals surface area (Å²) >= 11 is 2.01. The van der Waals surface area contributed by atoms with Crippen LogP contribution >= 0.6 is 11.8 Å². The van der Waals surface area contributed by atoms with E-state index in [1.807, 2.05) is 11.8 Å². The summed E-state index contributed by atoms with van der Waals surface area (Å²) in [5.74, 6) is 0.218. The Labute approximate surface area is 405 Å². The van der Waals surface area contributed by atoms with E-state index in [1.54, 1.807) is 0 Å². The summed E-state index contributed by atoms with van der Waals surface area (Å²) in [7, 11) is 0. The highest BCUT2D eigenvalue weighted by atomic mass is 32.2. The predicted octanol–water partition coefficient (Wildman–Crippen LogP) is 18.8. The van der Waals surface area contributed by atoms with Crippen LogP contribution in [0.3, 0.4) is 0 Å². The molecule has 4 aliphatic carbocycles. The Balaban J connectivity index is 1.20. The van der Waals surface area contributed by atoms with Gasteiger partial charge in [-0.3, -0.25) is 0 Å². The van der Waals surface area contributed by atoms with Crippen molar-refractivity contribution in [2.24, 2.45) is 5.92 Å². The first-order valence-corrected chi connectivity index (χ1v) is 25.3. The van der Waals surface area contributed by atoms with Crippen LogP contribution in [0, 0.1) is 12.8 Å². The van der Waals surface area contributed by atoms with Gasteiger partial charge in [0.15, 0.2) is 0 Å². The van der Waals surface area contributed by atoms with E-state index in [1.165, 1.54) is 99.3 Å². The number of benzene rings is 4. The topological polar surface area (TPSA) is 3.24 Å². The van der Waals surface area contributed by atoms with Gasteiger partial charge in [0.05, 0.1) is 0 Å². The van der Waals surface area contributed by atoms with Crippen molar-refractivity contribution in [1.82, 2.24) is 0 Å². The van der Waals surface area contributed by atoms with Gasteiger partial charge in [0.1, 0.15) is 0 Å². The molecule has 1 aliphatic heterocycles. The number of aryl methyl sites for hydroxylation is 1. The molecule has 0 aromatic heterocycles. The van der Waals surface area contributed by atoms with E-state index in [9.17, 15) is 0 Å². The highest BCUT2D eigenvalue weighted by Crippen LogP contribution is 2.60. The molecule has 0 fully saturated rings. The first-order valence-electron chi connectivity index (χ1n) is 24.5. The van der Waals surface area contributed by atoms with Gasteiger partial charge in [0.25, 0.3) is 0 Å². The summed E-state index contributed by atoms with van der Waals surface area (Å²) in [6, 6.07) is 34.5. The largest absolute Gasteiger partial charge is 0.314 e. The van der Waals surface area contributed by atoms with Crippen molar-refractivity contribution in [1.29, 1.82) is 0 Å². The van der Waals surface area contributed by atoms with E-state index in [-0.39, 0.29) is 11.3 Å². The molecule has 2 heteroatoms. The summed E-state index contributed by atoms with van der Waals surface area (Å²) in [6.07, 6.45) is 45.6. The zero-order valence-corrected chi connectivity index (χ0v) is 41.2. The molecule has 4 aromatic rings. The summed E-state index contributed by atoms with van der Waals surface area (Å²) in [5.41, 5.74) is 21.4. The smallest absolute Gasteiger partial charge is 0.0461 e. The highest BCUT2D eigenvalue weighted by molar-refractivity contribution is 8.07. The van der Waals surface area contributed by atoms with Gasteiger partial charge in [-0.15, -0.1) is 0 Å². The zero-order chi connectivity index (χ0) is 46.3. The maximum absolute atomic E-state index is 2.58. The van der Waals surface area contributed by atoms with Gasteiger partial charge >= 0.3 is 0 Å². The lowest BCUT2D eigenvalue weighted by atomic mass is 9.66. The molecule has 4 aromatic carbocycles. The number of hydrogen-bond donors (Lipinski definition) is 0. The van der Waals surface area contributed by atoms with Gasteiger partial charge in [-0.05, 0) is 188 Å². The normalized spacial score (nSPS) is 20.0. The SMILES string of the molecule is C/C=C\C=C/CC1(C(C)/C=C\C=C/C)C(C)=C(C2=C(C)CC3=C(CC=CC=C3)S2)c2ccc(N(C3=CC=C(c4cc(C5=CC=CCC5)ccc4C)CC3)c3ccc(-c4ccccc4)cc3)cc21. The molecule has 0 spiro atoms. The Morgan fingerprint density at radius 2 is 1.46 bits per heavy atom. The molecule has 0 N–H and O–H groups in total. The molecule has 0 radical (unpaired) electrons. The van der Waals surface area contributed by atoms with Crippen LogP contribution in [0.25, 0.3) is 27.8 Å². The number of fused-ring (bicyclic) bond motifs is 1. The van der Waals surface area contributed by atoms with Crippen molar-refractivity contribution in [3.05, 3.63) is 254 Å². The third-order valence-electron chi connectivity index (χ3n) is 14.5. The second-order valence-corrected chi connectivity index (χ2v) is 19.8. The quantitative estimate of drug-likeness (QED) is 0.123. The zero-order valence-electron chi connectivity index (χ0n) is 40.4. The molecule has 1 heterocycles. The minimum Gasteiger partial charge on any atom is -0.314 e. The lowest BCUT2D eigenvalue weighted by molar-refractivity contribution is 0.408. The maximum Gasteiger partial charge on any atom is 0.0461 e. The number of hydrogen-bond acceptors (Lipinski definition) is 2. The fourth-order valence-electron chi connectivity index (χ4n) is 10.9. The molecule has 2 unspecified atom stereocenters. The van der Waals surface area contributed by atoms with Gasteiger partial charge in [-0.1, -0.05) is 188 Å². The Morgan fingerprint density at radius 1 is 0.687 bits per heavy atom. The molecule has 0 bridgehead atoms.